The standard InChI is InChI=1S/C12H24N2O3S/c1-4-12(6-5-7-13-9-12)11(15)14-10(2)8-18(3,16)17/h10,13H,4-9H2,1-3H3,(H,14,15). The van der Waals surface area contributed by atoms with Crippen molar-refractivity contribution in [1.82, 2.24) is 10.6 Å². The fourth-order valence-electron chi connectivity index (χ4n) is 2.50. The number of piperidine rings is 1. The zero-order chi connectivity index (χ0) is 13.8. The Morgan fingerprint density at radius 1 is 1.50 bits per heavy atom. The maximum atomic E-state index is 12.3. The minimum absolute atomic E-state index is 0.00797. The second-order valence-corrected chi connectivity index (χ2v) is 7.57. The van der Waals surface area contributed by atoms with Gasteiger partial charge in [0.15, 0.2) is 0 Å². The summed E-state index contributed by atoms with van der Waals surface area (Å²) in [7, 11) is -3.06. The first kappa shape index (κ1) is 15.4. The molecule has 1 fully saturated rings. The van der Waals surface area contributed by atoms with Gasteiger partial charge < -0.3 is 10.6 Å². The molecule has 0 aliphatic carbocycles. The van der Waals surface area contributed by atoms with E-state index in [0.29, 0.717) is 6.54 Å². The number of hydrogen-bond acceptors (Lipinski definition) is 4. The van der Waals surface area contributed by atoms with Gasteiger partial charge in [0, 0.05) is 18.8 Å². The maximum absolute atomic E-state index is 12.3. The second-order valence-electron chi connectivity index (χ2n) is 5.38. The molecule has 0 bridgehead atoms. The van der Waals surface area contributed by atoms with Crippen LogP contribution < -0.4 is 10.6 Å². The van der Waals surface area contributed by atoms with Crippen molar-refractivity contribution in [2.75, 3.05) is 25.1 Å². The molecule has 5 nitrogen and oxygen atoms in total. The number of hydrogen-bond donors (Lipinski definition) is 2. The van der Waals surface area contributed by atoms with E-state index >= 15 is 0 Å². The summed E-state index contributed by atoms with van der Waals surface area (Å²) in [5, 5.41) is 6.09. The number of nitrogens with one attached hydrogen (secondary N) is 2. The predicted molar refractivity (Wildman–Crippen MR) is 72.1 cm³/mol. The molecule has 1 rings (SSSR count). The summed E-state index contributed by atoms with van der Waals surface area (Å²) in [6.45, 7) is 5.38. The molecule has 106 valence electrons. The van der Waals surface area contributed by atoms with Gasteiger partial charge >= 0.3 is 0 Å². The molecule has 2 atom stereocenters. The Labute approximate surface area is 110 Å². The van der Waals surface area contributed by atoms with E-state index in [2.05, 4.69) is 10.6 Å². The lowest BCUT2D eigenvalue weighted by Crippen LogP contribution is -2.52. The molecular weight excluding hydrogens is 252 g/mol. The van der Waals surface area contributed by atoms with E-state index < -0.39 is 9.84 Å². The topological polar surface area (TPSA) is 75.3 Å². The highest BCUT2D eigenvalue weighted by molar-refractivity contribution is 7.90. The summed E-state index contributed by atoms with van der Waals surface area (Å²) in [5.74, 6) is -0.0280. The highest BCUT2D eigenvalue weighted by atomic mass is 32.2. The summed E-state index contributed by atoms with van der Waals surface area (Å²) in [5.41, 5.74) is -0.371. The SMILES string of the molecule is CCC1(C(=O)NC(C)CS(C)(=O)=O)CCCNC1. The molecule has 1 heterocycles. The molecule has 18 heavy (non-hydrogen) atoms. The van der Waals surface area contributed by atoms with Crippen LogP contribution in [0.5, 0.6) is 0 Å². The molecule has 0 saturated carbocycles. The first-order valence-electron chi connectivity index (χ1n) is 6.48. The normalized spacial score (nSPS) is 26.6. The predicted octanol–water partition coefficient (Wildman–Crippen LogP) is 0.316. The Bertz CT molecular complexity index is 386. The van der Waals surface area contributed by atoms with Gasteiger partial charge in [-0.3, -0.25) is 4.79 Å². The van der Waals surface area contributed by atoms with Crippen molar-refractivity contribution >= 4 is 15.7 Å². The van der Waals surface area contributed by atoms with Gasteiger partial charge in [-0.25, -0.2) is 8.42 Å². The van der Waals surface area contributed by atoms with Gasteiger partial charge in [-0.2, -0.15) is 0 Å². The molecule has 0 radical (unpaired) electrons. The van der Waals surface area contributed by atoms with Crippen LogP contribution in [-0.4, -0.2) is 45.5 Å². The molecule has 0 aromatic heterocycles. The van der Waals surface area contributed by atoms with Gasteiger partial charge in [0.2, 0.25) is 5.91 Å². The van der Waals surface area contributed by atoms with E-state index in [-0.39, 0.29) is 23.1 Å². The van der Waals surface area contributed by atoms with Crippen LogP contribution in [0.1, 0.15) is 33.1 Å². The Kier molecular flexibility index (Phi) is 5.16. The van der Waals surface area contributed by atoms with Crippen molar-refractivity contribution in [2.45, 2.75) is 39.2 Å². The van der Waals surface area contributed by atoms with Crippen LogP contribution >= 0.6 is 0 Å². The van der Waals surface area contributed by atoms with E-state index in [4.69, 9.17) is 0 Å². The lowest BCUT2D eigenvalue weighted by Gasteiger charge is -2.36. The fourth-order valence-corrected chi connectivity index (χ4v) is 3.49. The minimum atomic E-state index is -3.06. The molecule has 2 unspecified atom stereocenters. The third kappa shape index (κ3) is 4.24. The number of carbonyl (C=O) groups excluding carboxylic acids is 1. The Morgan fingerprint density at radius 2 is 2.17 bits per heavy atom. The van der Waals surface area contributed by atoms with Crippen LogP contribution in [0.3, 0.4) is 0 Å². The first-order valence-corrected chi connectivity index (χ1v) is 8.54. The van der Waals surface area contributed by atoms with E-state index in [1.54, 1.807) is 6.92 Å². The number of carbonyl (C=O) groups is 1. The van der Waals surface area contributed by atoms with E-state index in [1.165, 1.54) is 6.26 Å². The molecule has 0 aromatic carbocycles. The Hall–Kier alpha value is -0.620. The Balaban J connectivity index is 2.62. The smallest absolute Gasteiger partial charge is 0.227 e. The van der Waals surface area contributed by atoms with Crippen molar-refractivity contribution in [1.29, 1.82) is 0 Å². The zero-order valence-electron chi connectivity index (χ0n) is 11.5. The molecule has 1 saturated heterocycles. The largest absolute Gasteiger partial charge is 0.352 e. The van der Waals surface area contributed by atoms with Gasteiger partial charge in [0.05, 0.1) is 11.2 Å². The van der Waals surface area contributed by atoms with Gasteiger partial charge in [-0.1, -0.05) is 6.92 Å². The molecule has 1 aliphatic rings. The summed E-state index contributed by atoms with van der Waals surface area (Å²) >= 11 is 0. The van der Waals surface area contributed by atoms with E-state index in [9.17, 15) is 13.2 Å². The fraction of sp³-hybridized carbons (Fsp3) is 0.917. The third-order valence-electron chi connectivity index (χ3n) is 3.56. The van der Waals surface area contributed by atoms with Crippen LogP contribution in [0.2, 0.25) is 0 Å². The van der Waals surface area contributed by atoms with Gasteiger partial charge in [-0.05, 0) is 32.7 Å². The highest BCUT2D eigenvalue weighted by Gasteiger charge is 2.38. The quantitative estimate of drug-likeness (QED) is 0.758. The second kappa shape index (κ2) is 6.02. The number of amides is 1. The summed E-state index contributed by atoms with van der Waals surface area (Å²) in [6.07, 6.45) is 3.82. The molecule has 1 amide bonds. The molecular formula is C12H24N2O3S. The Morgan fingerprint density at radius 3 is 2.61 bits per heavy atom. The molecule has 2 N–H and O–H groups in total. The average Bonchev–Trinajstić information content (AvgIpc) is 2.27. The van der Waals surface area contributed by atoms with Crippen molar-refractivity contribution in [3.05, 3.63) is 0 Å². The van der Waals surface area contributed by atoms with Crippen molar-refractivity contribution in [2.24, 2.45) is 5.41 Å². The lowest BCUT2D eigenvalue weighted by atomic mass is 9.77. The number of rotatable bonds is 5. The van der Waals surface area contributed by atoms with Crippen LogP contribution in [-0.2, 0) is 14.6 Å². The van der Waals surface area contributed by atoms with Gasteiger partial charge in [0.25, 0.3) is 0 Å². The van der Waals surface area contributed by atoms with Crippen LogP contribution in [0.25, 0.3) is 0 Å². The van der Waals surface area contributed by atoms with Crippen molar-refractivity contribution in [3.8, 4) is 0 Å². The van der Waals surface area contributed by atoms with Gasteiger partial charge in [-0.15, -0.1) is 0 Å². The highest BCUT2D eigenvalue weighted by Crippen LogP contribution is 2.30. The monoisotopic (exact) mass is 276 g/mol. The third-order valence-corrected chi connectivity index (χ3v) is 4.67. The van der Waals surface area contributed by atoms with Crippen LogP contribution in [0.4, 0.5) is 0 Å². The van der Waals surface area contributed by atoms with Crippen molar-refractivity contribution < 1.29 is 13.2 Å². The molecule has 0 aromatic rings. The average molecular weight is 276 g/mol. The maximum Gasteiger partial charge on any atom is 0.227 e. The summed E-state index contributed by atoms with van der Waals surface area (Å²) in [6, 6.07) is -0.335. The molecule has 0 spiro atoms. The molecule has 1 aliphatic heterocycles. The summed E-state index contributed by atoms with van der Waals surface area (Å²) in [4.78, 5) is 12.3. The van der Waals surface area contributed by atoms with Crippen LogP contribution in [0, 0.1) is 5.41 Å². The minimum Gasteiger partial charge on any atom is -0.352 e. The first-order chi connectivity index (χ1) is 8.29. The van der Waals surface area contributed by atoms with Crippen molar-refractivity contribution in [3.63, 3.8) is 0 Å². The van der Waals surface area contributed by atoms with Gasteiger partial charge in [0.1, 0.15) is 9.84 Å². The molecule has 6 heteroatoms. The van der Waals surface area contributed by atoms with E-state index in [1.807, 2.05) is 6.92 Å². The summed E-state index contributed by atoms with van der Waals surface area (Å²) < 4.78 is 22.4. The lowest BCUT2D eigenvalue weighted by molar-refractivity contribution is -0.132. The van der Waals surface area contributed by atoms with Crippen LogP contribution in [0.15, 0.2) is 0 Å². The zero-order valence-corrected chi connectivity index (χ0v) is 12.3. The van der Waals surface area contributed by atoms with E-state index in [0.717, 1.165) is 25.8 Å². The number of sulfone groups is 1.